The van der Waals surface area contributed by atoms with Crippen LogP contribution in [0.4, 0.5) is 0 Å². The minimum absolute atomic E-state index is 0.222. The molecule has 116 valence electrons. The van der Waals surface area contributed by atoms with Crippen molar-refractivity contribution < 1.29 is 8.42 Å². The number of aryl methyl sites for hydroxylation is 1. The van der Waals surface area contributed by atoms with E-state index in [2.05, 4.69) is 15.0 Å². The van der Waals surface area contributed by atoms with Crippen LogP contribution in [-0.2, 0) is 16.6 Å². The lowest BCUT2D eigenvalue weighted by Crippen LogP contribution is -2.28. The van der Waals surface area contributed by atoms with Gasteiger partial charge in [-0.2, -0.15) is 0 Å². The Balaban J connectivity index is 2.01. The topological polar surface area (TPSA) is 76.0 Å². The van der Waals surface area contributed by atoms with Crippen LogP contribution in [0.25, 0.3) is 0 Å². The maximum atomic E-state index is 11.7. The van der Waals surface area contributed by atoms with Crippen LogP contribution < -0.4 is 10.0 Å². The first-order chi connectivity index (χ1) is 9.64. The van der Waals surface area contributed by atoms with Crippen LogP contribution in [0.5, 0.6) is 0 Å². The molecule has 0 aromatic carbocycles. The van der Waals surface area contributed by atoms with E-state index >= 15 is 0 Å². The zero-order valence-electron chi connectivity index (χ0n) is 12.2. The second-order valence-electron chi connectivity index (χ2n) is 4.78. The second kappa shape index (κ2) is 9.90. The van der Waals surface area contributed by atoms with Crippen LogP contribution in [0.3, 0.4) is 0 Å². The largest absolute Gasteiger partial charge is 0.337 e. The summed E-state index contributed by atoms with van der Waals surface area (Å²) in [6.07, 6.45) is 8.82. The number of imidazole rings is 1. The van der Waals surface area contributed by atoms with Gasteiger partial charge < -0.3 is 9.88 Å². The molecule has 0 amide bonds. The van der Waals surface area contributed by atoms with Crippen molar-refractivity contribution in [2.75, 3.05) is 25.4 Å². The van der Waals surface area contributed by atoms with Crippen LogP contribution in [-0.4, -0.2) is 43.4 Å². The average molecular weight is 302 g/mol. The number of nitrogens with zero attached hydrogens (tertiary/aromatic N) is 2. The molecule has 6 nitrogen and oxygen atoms in total. The molecule has 1 aromatic heterocycles. The van der Waals surface area contributed by atoms with Crippen molar-refractivity contribution in [2.24, 2.45) is 0 Å². The van der Waals surface area contributed by atoms with Gasteiger partial charge in [0, 0.05) is 25.5 Å². The molecule has 0 fully saturated rings. The van der Waals surface area contributed by atoms with Crippen molar-refractivity contribution in [2.45, 2.75) is 39.2 Å². The number of hydrogen-bond acceptors (Lipinski definition) is 4. The number of hydrogen-bond donors (Lipinski definition) is 2. The van der Waals surface area contributed by atoms with Crippen LogP contribution >= 0.6 is 0 Å². The summed E-state index contributed by atoms with van der Waals surface area (Å²) in [5.74, 6) is 0.222. The molecule has 0 aliphatic heterocycles. The summed E-state index contributed by atoms with van der Waals surface area (Å²) in [4.78, 5) is 3.96. The summed E-state index contributed by atoms with van der Waals surface area (Å²) in [6, 6.07) is 0. The predicted octanol–water partition coefficient (Wildman–Crippen LogP) is 0.972. The van der Waals surface area contributed by atoms with Gasteiger partial charge in [-0.3, -0.25) is 0 Å². The second-order valence-corrected chi connectivity index (χ2v) is 6.71. The molecule has 7 heteroatoms. The van der Waals surface area contributed by atoms with Gasteiger partial charge in [-0.05, 0) is 38.8 Å². The summed E-state index contributed by atoms with van der Waals surface area (Å²) < 4.78 is 28.1. The van der Waals surface area contributed by atoms with Gasteiger partial charge in [-0.25, -0.2) is 18.1 Å². The van der Waals surface area contributed by atoms with Gasteiger partial charge in [0.05, 0.1) is 12.1 Å². The van der Waals surface area contributed by atoms with E-state index in [0.717, 1.165) is 38.9 Å². The van der Waals surface area contributed by atoms with E-state index in [4.69, 9.17) is 0 Å². The Bertz CT molecular complexity index is 431. The van der Waals surface area contributed by atoms with Crippen LogP contribution in [0.1, 0.15) is 32.6 Å². The van der Waals surface area contributed by atoms with E-state index in [9.17, 15) is 8.42 Å². The zero-order chi connectivity index (χ0) is 14.7. The standard InChI is InChI=1S/C13H26N4O2S/c1-2-14-7-4-6-12-20(18,19)16-8-3-5-10-17-11-9-15-13-17/h9,11,13-14,16H,2-8,10,12H2,1H3. The zero-order valence-corrected chi connectivity index (χ0v) is 13.0. The molecule has 0 bridgehead atoms. The molecule has 0 spiro atoms. The highest BCUT2D eigenvalue weighted by atomic mass is 32.2. The number of nitrogens with one attached hydrogen (secondary N) is 2. The van der Waals surface area contributed by atoms with Gasteiger partial charge in [0.25, 0.3) is 0 Å². The Kier molecular flexibility index (Phi) is 8.48. The molecule has 0 radical (unpaired) electrons. The Morgan fingerprint density at radius 3 is 2.65 bits per heavy atom. The molecule has 20 heavy (non-hydrogen) atoms. The molecule has 0 saturated heterocycles. The third-order valence-corrected chi connectivity index (χ3v) is 4.46. The van der Waals surface area contributed by atoms with Gasteiger partial charge >= 0.3 is 0 Å². The molecular weight excluding hydrogens is 276 g/mol. The quantitative estimate of drug-likeness (QED) is 0.564. The first kappa shape index (κ1) is 17.1. The first-order valence-corrected chi connectivity index (χ1v) is 8.93. The minimum Gasteiger partial charge on any atom is -0.337 e. The molecule has 1 aromatic rings. The molecule has 1 heterocycles. The SMILES string of the molecule is CCNCCCCS(=O)(=O)NCCCCn1ccnc1. The van der Waals surface area contributed by atoms with Crippen molar-refractivity contribution >= 4 is 10.0 Å². The van der Waals surface area contributed by atoms with Gasteiger partial charge in [-0.1, -0.05) is 6.92 Å². The molecule has 0 aliphatic carbocycles. The molecular formula is C13H26N4O2S. The summed E-state index contributed by atoms with van der Waals surface area (Å²) in [5, 5.41) is 3.19. The van der Waals surface area contributed by atoms with Crippen molar-refractivity contribution in [1.29, 1.82) is 0 Å². The van der Waals surface area contributed by atoms with Gasteiger partial charge in [-0.15, -0.1) is 0 Å². The van der Waals surface area contributed by atoms with E-state index in [0.29, 0.717) is 13.0 Å². The van der Waals surface area contributed by atoms with E-state index in [1.807, 2.05) is 17.7 Å². The number of rotatable bonds is 12. The van der Waals surface area contributed by atoms with Gasteiger partial charge in [0.1, 0.15) is 0 Å². The van der Waals surface area contributed by atoms with E-state index in [1.54, 1.807) is 12.5 Å². The van der Waals surface area contributed by atoms with E-state index in [1.165, 1.54) is 0 Å². The first-order valence-electron chi connectivity index (χ1n) is 7.28. The summed E-state index contributed by atoms with van der Waals surface area (Å²) in [5.41, 5.74) is 0. The molecule has 0 unspecified atom stereocenters. The fraction of sp³-hybridized carbons (Fsp3) is 0.769. The molecule has 0 atom stereocenters. The van der Waals surface area contributed by atoms with E-state index < -0.39 is 10.0 Å². The highest BCUT2D eigenvalue weighted by Gasteiger charge is 2.08. The predicted molar refractivity (Wildman–Crippen MR) is 81.0 cm³/mol. The lowest BCUT2D eigenvalue weighted by atomic mass is 10.3. The summed E-state index contributed by atoms with van der Waals surface area (Å²) in [6.45, 7) is 5.26. The van der Waals surface area contributed by atoms with Crippen molar-refractivity contribution in [1.82, 2.24) is 19.6 Å². The summed E-state index contributed by atoms with van der Waals surface area (Å²) >= 11 is 0. The molecule has 1 rings (SSSR count). The third kappa shape index (κ3) is 8.29. The number of sulfonamides is 1. The number of unbranched alkanes of at least 4 members (excludes halogenated alkanes) is 2. The van der Waals surface area contributed by atoms with Crippen molar-refractivity contribution in [3.63, 3.8) is 0 Å². The third-order valence-electron chi connectivity index (χ3n) is 2.99. The monoisotopic (exact) mass is 302 g/mol. The normalized spacial score (nSPS) is 11.8. The molecule has 2 N–H and O–H groups in total. The smallest absolute Gasteiger partial charge is 0.211 e. The highest BCUT2D eigenvalue weighted by molar-refractivity contribution is 7.89. The Morgan fingerprint density at radius 2 is 1.95 bits per heavy atom. The molecule has 0 aliphatic rings. The lowest BCUT2D eigenvalue weighted by Gasteiger charge is -2.07. The number of aromatic nitrogens is 2. The lowest BCUT2D eigenvalue weighted by molar-refractivity contribution is 0.561. The van der Waals surface area contributed by atoms with Crippen molar-refractivity contribution in [3.8, 4) is 0 Å². The average Bonchev–Trinajstić information content (AvgIpc) is 2.91. The van der Waals surface area contributed by atoms with Crippen LogP contribution in [0, 0.1) is 0 Å². The maximum absolute atomic E-state index is 11.7. The minimum atomic E-state index is -3.10. The van der Waals surface area contributed by atoms with Gasteiger partial charge in [0.2, 0.25) is 10.0 Å². The fourth-order valence-electron chi connectivity index (χ4n) is 1.86. The summed E-state index contributed by atoms with van der Waals surface area (Å²) in [7, 11) is -3.10. The Hall–Kier alpha value is -0.920. The highest BCUT2D eigenvalue weighted by Crippen LogP contribution is 1.97. The Labute approximate surface area is 122 Å². The van der Waals surface area contributed by atoms with Gasteiger partial charge in [0.15, 0.2) is 0 Å². The Morgan fingerprint density at radius 1 is 1.15 bits per heavy atom. The molecule has 0 saturated carbocycles. The maximum Gasteiger partial charge on any atom is 0.211 e. The van der Waals surface area contributed by atoms with Crippen molar-refractivity contribution in [3.05, 3.63) is 18.7 Å². The van der Waals surface area contributed by atoms with E-state index in [-0.39, 0.29) is 5.75 Å². The van der Waals surface area contributed by atoms with Crippen LogP contribution in [0.15, 0.2) is 18.7 Å². The fourth-order valence-corrected chi connectivity index (χ4v) is 3.04. The van der Waals surface area contributed by atoms with Crippen LogP contribution in [0.2, 0.25) is 0 Å².